The van der Waals surface area contributed by atoms with Crippen LogP contribution in [0, 0.1) is 17.2 Å². The highest BCUT2D eigenvalue weighted by atomic mass is 15.1. The Kier molecular flexibility index (Phi) is 6.67. The molecule has 0 radical (unpaired) electrons. The van der Waals surface area contributed by atoms with Crippen LogP contribution in [0.4, 0.5) is 0 Å². The number of rotatable bonds is 7. The van der Waals surface area contributed by atoms with Crippen LogP contribution in [0.2, 0.25) is 0 Å². The van der Waals surface area contributed by atoms with Crippen LogP contribution in [0.25, 0.3) is 0 Å². The van der Waals surface area contributed by atoms with E-state index < -0.39 is 0 Å². The average molecular weight is 251 g/mol. The number of piperidine rings is 1. The topological polar surface area (TPSA) is 39.1 Å². The lowest BCUT2D eigenvalue weighted by Crippen LogP contribution is -2.45. The van der Waals surface area contributed by atoms with Crippen molar-refractivity contribution in [1.82, 2.24) is 10.2 Å². The van der Waals surface area contributed by atoms with Gasteiger partial charge in [0.25, 0.3) is 0 Å². The second-order valence-electron chi connectivity index (χ2n) is 5.84. The van der Waals surface area contributed by atoms with Gasteiger partial charge in [0.1, 0.15) is 5.54 Å². The summed E-state index contributed by atoms with van der Waals surface area (Å²) in [5.74, 6) is 0.871. The summed E-state index contributed by atoms with van der Waals surface area (Å²) in [6, 6.07) is 2.44. The van der Waals surface area contributed by atoms with E-state index >= 15 is 0 Å². The number of nitrogens with one attached hydrogen (secondary N) is 1. The number of nitrogens with zero attached hydrogens (tertiary/aromatic N) is 2. The summed E-state index contributed by atoms with van der Waals surface area (Å²) in [5.41, 5.74) is -0.352. The van der Waals surface area contributed by atoms with E-state index in [1.807, 2.05) is 6.92 Å². The zero-order chi connectivity index (χ0) is 13.4. The molecule has 2 unspecified atom stereocenters. The molecule has 2 atom stereocenters. The zero-order valence-corrected chi connectivity index (χ0v) is 12.3. The third-order valence-electron chi connectivity index (χ3n) is 4.12. The molecule has 0 aromatic carbocycles. The largest absolute Gasteiger partial charge is 0.303 e. The fourth-order valence-electron chi connectivity index (χ4n) is 2.65. The van der Waals surface area contributed by atoms with Crippen molar-refractivity contribution in [3.05, 3.63) is 0 Å². The first-order valence-electron chi connectivity index (χ1n) is 7.52. The highest BCUT2D eigenvalue weighted by Gasteiger charge is 2.25. The molecule has 3 heteroatoms. The fraction of sp³-hybridized carbons (Fsp3) is 0.933. The van der Waals surface area contributed by atoms with Gasteiger partial charge in [-0.3, -0.25) is 5.32 Å². The van der Waals surface area contributed by atoms with Crippen molar-refractivity contribution in [3.8, 4) is 6.07 Å². The van der Waals surface area contributed by atoms with Gasteiger partial charge in [-0.25, -0.2) is 0 Å². The van der Waals surface area contributed by atoms with Crippen molar-refractivity contribution in [2.45, 2.75) is 58.4 Å². The molecule has 0 aromatic rings. The van der Waals surface area contributed by atoms with Gasteiger partial charge < -0.3 is 4.90 Å². The van der Waals surface area contributed by atoms with Crippen LogP contribution < -0.4 is 5.32 Å². The van der Waals surface area contributed by atoms with Crippen molar-refractivity contribution in [2.24, 2.45) is 5.92 Å². The Morgan fingerprint density at radius 3 is 2.83 bits per heavy atom. The van der Waals surface area contributed by atoms with E-state index in [0.717, 1.165) is 31.8 Å². The van der Waals surface area contributed by atoms with Gasteiger partial charge >= 0.3 is 0 Å². The van der Waals surface area contributed by atoms with E-state index in [2.05, 4.69) is 30.1 Å². The van der Waals surface area contributed by atoms with Crippen LogP contribution in [0.15, 0.2) is 0 Å². The van der Waals surface area contributed by atoms with Gasteiger partial charge in [0.05, 0.1) is 6.07 Å². The lowest BCUT2D eigenvalue weighted by atomic mass is 9.94. The van der Waals surface area contributed by atoms with Crippen molar-refractivity contribution in [1.29, 1.82) is 5.26 Å². The van der Waals surface area contributed by atoms with Crippen molar-refractivity contribution < 1.29 is 0 Å². The highest BCUT2D eigenvalue weighted by Crippen LogP contribution is 2.20. The molecule has 0 spiro atoms. The number of nitriles is 1. The first-order chi connectivity index (χ1) is 8.63. The normalized spacial score (nSPS) is 24.4. The first-order valence-corrected chi connectivity index (χ1v) is 7.52. The minimum atomic E-state index is -0.352. The van der Waals surface area contributed by atoms with Gasteiger partial charge in [0.15, 0.2) is 0 Å². The lowest BCUT2D eigenvalue weighted by Gasteiger charge is -2.34. The second kappa shape index (κ2) is 7.76. The molecule has 0 bridgehead atoms. The predicted octanol–water partition coefficient (Wildman–Crippen LogP) is 2.78. The summed E-state index contributed by atoms with van der Waals surface area (Å²) in [7, 11) is 0. The van der Waals surface area contributed by atoms with Crippen LogP contribution in [0.3, 0.4) is 0 Å². The van der Waals surface area contributed by atoms with Gasteiger partial charge in [-0.05, 0) is 51.6 Å². The molecule has 1 aliphatic rings. The monoisotopic (exact) mass is 251 g/mol. The quantitative estimate of drug-likeness (QED) is 0.756. The predicted molar refractivity (Wildman–Crippen MR) is 76.4 cm³/mol. The molecular formula is C15H29N3. The average Bonchev–Trinajstić information content (AvgIpc) is 2.43. The third-order valence-corrected chi connectivity index (χ3v) is 4.12. The van der Waals surface area contributed by atoms with Gasteiger partial charge in [-0.1, -0.05) is 20.3 Å². The van der Waals surface area contributed by atoms with E-state index in [-0.39, 0.29) is 5.54 Å². The molecule has 1 fully saturated rings. The molecule has 104 valence electrons. The molecule has 0 amide bonds. The molecule has 1 saturated heterocycles. The smallest absolute Gasteiger partial charge is 0.105 e. The Morgan fingerprint density at radius 2 is 2.22 bits per heavy atom. The maximum atomic E-state index is 9.31. The van der Waals surface area contributed by atoms with E-state index in [0.29, 0.717) is 0 Å². The van der Waals surface area contributed by atoms with Gasteiger partial charge in [-0.15, -0.1) is 0 Å². The van der Waals surface area contributed by atoms with E-state index in [1.165, 1.54) is 32.4 Å². The Labute approximate surface area is 113 Å². The minimum Gasteiger partial charge on any atom is -0.303 e. The summed E-state index contributed by atoms with van der Waals surface area (Å²) < 4.78 is 0. The lowest BCUT2D eigenvalue weighted by molar-refractivity contribution is 0.160. The Bertz CT molecular complexity index is 271. The summed E-state index contributed by atoms with van der Waals surface area (Å²) in [4.78, 5) is 2.54. The zero-order valence-electron chi connectivity index (χ0n) is 12.3. The maximum absolute atomic E-state index is 9.31. The van der Waals surface area contributed by atoms with Crippen molar-refractivity contribution in [2.75, 3.05) is 26.2 Å². The van der Waals surface area contributed by atoms with Crippen LogP contribution in [-0.2, 0) is 0 Å². The molecule has 0 aromatic heterocycles. The van der Waals surface area contributed by atoms with Gasteiger partial charge in [-0.2, -0.15) is 5.26 Å². The van der Waals surface area contributed by atoms with Gasteiger partial charge in [0, 0.05) is 13.1 Å². The molecule has 0 aliphatic carbocycles. The first kappa shape index (κ1) is 15.5. The van der Waals surface area contributed by atoms with Crippen LogP contribution >= 0.6 is 0 Å². The standard InChI is InChI=1S/C15H29N3/c1-4-9-17-15(3,13-16)8-11-18-10-6-7-14(5-2)12-18/h14,17H,4-12H2,1-3H3. The molecule has 0 saturated carbocycles. The molecule has 18 heavy (non-hydrogen) atoms. The van der Waals surface area contributed by atoms with Crippen LogP contribution in [0.1, 0.15) is 52.9 Å². The molecule has 1 rings (SSSR count). The van der Waals surface area contributed by atoms with Crippen LogP contribution in [0.5, 0.6) is 0 Å². The minimum absolute atomic E-state index is 0.352. The van der Waals surface area contributed by atoms with Crippen molar-refractivity contribution >= 4 is 0 Å². The summed E-state index contributed by atoms with van der Waals surface area (Å²) >= 11 is 0. The van der Waals surface area contributed by atoms with Crippen LogP contribution in [-0.4, -0.2) is 36.6 Å². The molecule has 3 nitrogen and oxygen atoms in total. The second-order valence-corrected chi connectivity index (χ2v) is 5.84. The number of likely N-dealkylation sites (tertiary alicyclic amines) is 1. The highest BCUT2D eigenvalue weighted by molar-refractivity contribution is 5.04. The molecular weight excluding hydrogens is 222 g/mol. The number of hydrogen-bond acceptors (Lipinski definition) is 3. The maximum Gasteiger partial charge on any atom is 0.105 e. The summed E-state index contributed by atoms with van der Waals surface area (Å²) in [6.07, 6.45) is 6.01. The summed E-state index contributed by atoms with van der Waals surface area (Å²) in [6.45, 7) is 10.9. The van der Waals surface area contributed by atoms with E-state index in [9.17, 15) is 5.26 Å². The Hall–Kier alpha value is -0.590. The molecule has 1 N–H and O–H groups in total. The van der Waals surface area contributed by atoms with E-state index in [1.54, 1.807) is 0 Å². The molecule has 1 aliphatic heterocycles. The number of hydrogen-bond donors (Lipinski definition) is 1. The third kappa shape index (κ3) is 4.96. The fourth-order valence-corrected chi connectivity index (χ4v) is 2.65. The van der Waals surface area contributed by atoms with Crippen molar-refractivity contribution in [3.63, 3.8) is 0 Å². The van der Waals surface area contributed by atoms with E-state index in [4.69, 9.17) is 0 Å². The van der Waals surface area contributed by atoms with Gasteiger partial charge in [0.2, 0.25) is 0 Å². The SMILES string of the molecule is CCCNC(C)(C#N)CCN1CCCC(CC)C1. The molecule has 1 heterocycles. The Morgan fingerprint density at radius 1 is 1.44 bits per heavy atom. The Balaban J connectivity index is 2.35. The summed E-state index contributed by atoms with van der Waals surface area (Å²) in [5, 5.41) is 12.7.